The van der Waals surface area contributed by atoms with Crippen molar-refractivity contribution in [1.29, 1.82) is 0 Å². The largest absolute Gasteiger partial charge is 0.416 e. The monoisotopic (exact) mass is 313 g/mol. The Balaban J connectivity index is 2.40. The van der Waals surface area contributed by atoms with E-state index in [0.29, 0.717) is 18.8 Å². The van der Waals surface area contributed by atoms with Crippen molar-refractivity contribution in [2.75, 3.05) is 29.9 Å². The van der Waals surface area contributed by atoms with Gasteiger partial charge < -0.3 is 15.5 Å². The maximum Gasteiger partial charge on any atom is 0.416 e. The Morgan fingerprint density at radius 2 is 2.14 bits per heavy atom. The molecule has 1 saturated heterocycles. The molecule has 1 aromatic rings. The lowest BCUT2D eigenvalue weighted by atomic mass is 10.1. The fourth-order valence-electron chi connectivity index (χ4n) is 2.12. The van der Waals surface area contributed by atoms with Gasteiger partial charge in [-0.05, 0) is 24.3 Å². The Morgan fingerprint density at radius 3 is 2.73 bits per heavy atom. The number of hydrogen-bond donors (Lipinski definition) is 2. The molecule has 2 N–H and O–H groups in total. The van der Waals surface area contributed by atoms with E-state index in [-0.39, 0.29) is 18.1 Å². The van der Waals surface area contributed by atoms with Crippen LogP contribution in [-0.2, 0) is 15.8 Å². The molecule has 118 valence electrons. The van der Waals surface area contributed by atoms with Crippen molar-refractivity contribution in [3.05, 3.63) is 36.4 Å². The number of amides is 2. The van der Waals surface area contributed by atoms with E-state index in [4.69, 9.17) is 0 Å². The minimum atomic E-state index is -4.52. The molecule has 1 aliphatic rings. The fraction of sp³-hybridized carbons (Fsp3) is 0.286. The van der Waals surface area contributed by atoms with Gasteiger partial charge in [0.15, 0.2) is 0 Å². The summed E-state index contributed by atoms with van der Waals surface area (Å²) in [5, 5.41) is 4.98. The molecule has 1 heterocycles. The van der Waals surface area contributed by atoms with Gasteiger partial charge in [0.05, 0.1) is 23.5 Å². The number of rotatable bonds is 3. The summed E-state index contributed by atoms with van der Waals surface area (Å²) < 4.78 is 38.4. The minimum absolute atomic E-state index is 0.00516. The van der Waals surface area contributed by atoms with Crippen molar-refractivity contribution >= 4 is 23.2 Å². The van der Waals surface area contributed by atoms with Gasteiger partial charge in [0.1, 0.15) is 0 Å². The van der Waals surface area contributed by atoms with Crippen LogP contribution in [0.1, 0.15) is 5.56 Å². The van der Waals surface area contributed by atoms with E-state index in [1.54, 1.807) is 4.90 Å². The second kappa shape index (κ2) is 6.08. The Bertz CT molecular complexity index is 614. The van der Waals surface area contributed by atoms with Gasteiger partial charge >= 0.3 is 6.18 Å². The van der Waals surface area contributed by atoms with E-state index in [2.05, 4.69) is 17.2 Å². The van der Waals surface area contributed by atoms with Crippen LogP contribution in [0.5, 0.6) is 0 Å². The third kappa shape index (κ3) is 3.57. The lowest BCUT2D eigenvalue weighted by Gasteiger charge is -2.30. The van der Waals surface area contributed by atoms with Crippen LogP contribution in [0.2, 0.25) is 0 Å². The molecule has 5 nitrogen and oxygen atoms in total. The topological polar surface area (TPSA) is 61.4 Å². The van der Waals surface area contributed by atoms with E-state index in [0.717, 1.165) is 18.2 Å². The van der Waals surface area contributed by atoms with E-state index in [1.165, 1.54) is 6.07 Å². The molecule has 2 rings (SSSR count). The summed E-state index contributed by atoms with van der Waals surface area (Å²) in [7, 11) is 0. The molecule has 0 bridgehead atoms. The average Bonchev–Trinajstić information content (AvgIpc) is 2.46. The SMILES string of the molecule is C=CC(=O)Nc1cc(C(F)(F)F)ccc1N1CCNC(=O)C1. The highest BCUT2D eigenvalue weighted by Crippen LogP contribution is 2.35. The van der Waals surface area contributed by atoms with Gasteiger partial charge in [0, 0.05) is 13.1 Å². The standard InChI is InChI=1S/C14H14F3N3O2/c1-2-12(21)19-10-7-9(14(15,16)17)3-4-11(10)20-6-5-18-13(22)8-20/h2-4,7H,1,5-6,8H2,(H,18,22)(H,19,21). The molecule has 0 unspecified atom stereocenters. The molecule has 0 atom stereocenters. The number of carbonyl (C=O) groups excluding carboxylic acids is 2. The molecule has 0 spiro atoms. The number of carbonyl (C=O) groups is 2. The first-order valence-corrected chi connectivity index (χ1v) is 6.47. The summed E-state index contributed by atoms with van der Waals surface area (Å²) >= 11 is 0. The van der Waals surface area contributed by atoms with Gasteiger partial charge in [0.25, 0.3) is 0 Å². The second-order valence-corrected chi connectivity index (χ2v) is 4.69. The molecule has 8 heteroatoms. The van der Waals surface area contributed by atoms with Crippen LogP contribution in [-0.4, -0.2) is 31.4 Å². The van der Waals surface area contributed by atoms with E-state index in [1.807, 2.05) is 0 Å². The molecule has 0 saturated carbocycles. The van der Waals surface area contributed by atoms with Crippen molar-refractivity contribution in [2.45, 2.75) is 6.18 Å². The third-order valence-electron chi connectivity index (χ3n) is 3.15. The van der Waals surface area contributed by atoms with Crippen LogP contribution in [0.4, 0.5) is 24.5 Å². The molecule has 1 aromatic carbocycles. The smallest absolute Gasteiger partial charge is 0.359 e. The normalized spacial score (nSPS) is 15.2. The van der Waals surface area contributed by atoms with Crippen LogP contribution in [0.3, 0.4) is 0 Å². The number of nitrogens with zero attached hydrogens (tertiary/aromatic N) is 1. The van der Waals surface area contributed by atoms with Crippen molar-refractivity contribution in [2.24, 2.45) is 0 Å². The minimum Gasteiger partial charge on any atom is -0.359 e. The average molecular weight is 313 g/mol. The summed E-state index contributed by atoms with van der Waals surface area (Å²) in [6, 6.07) is 3.02. The van der Waals surface area contributed by atoms with Crippen molar-refractivity contribution in [1.82, 2.24) is 5.32 Å². The Hall–Kier alpha value is -2.51. The van der Waals surface area contributed by atoms with Crippen molar-refractivity contribution in [3.63, 3.8) is 0 Å². The molecule has 1 fully saturated rings. The van der Waals surface area contributed by atoms with E-state index >= 15 is 0 Å². The Kier molecular flexibility index (Phi) is 4.39. The Labute approximate surface area is 124 Å². The molecule has 0 radical (unpaired) electrons. The highest BCUT2D eigenvalue weighted by Gasteiger charge is 2.32. The summed E-state index contributed by atoms with van der Waals surface area (Å²) in [6.45, 7) is 4.11. The third-order valence-corrected chi connectivity index (χ3v) is 3.15. The molecular weight excluding hydrogens is 299 g/mol. The van der Waals surface area contributed by atoms with Gasteiger partial charge in [-0.1, -0.05) is 6.58 Å². The zero-order chi connectivity index (χ0) is 16.3. The number of alkyl halides is 3. The number of benzene rings is 1. The predicted octanol–water partition coefficient (Wildman–Crippen LogP) is 1.77. The lowest BCUT2D eigenvalue weighted by molar-refractivity contribution is -0.137. The summed E-state index contributed by atoms with van der Waals surface area (Å²) in [5.41, 5.74) is -0.524. The van der Waals surface area contributed by atoms with Crippen molar-refractivity contribution in [3.8, 4) is 0 Å². The molecular formula is C14H14F3N3O2. The van der Waals surface area contributed by atoms with Crippen LogP contribution >= 0.6 is 0 Å². The maximum atomic E-state index is 12.8. The van der Waals surface area contributed by atoms with Crippen LogP contribution in [0, 0.1) is 0 Å². The number of anilines is 2. The lowest BCUT2D eigenvalue weighted by Crippen LogP contribution is -2.48. The first kappa shape index (κ1) is 15.9. The number of hydrogen-bond acceptors (Lipinski definition) is 3. The van der Waals surface area contributed by atoms with Gasteiger partial charge in [0.2, 0.25) is 11.8 Å². The zero-order valence-electron chi connectivity index (χ0n) is 11.5. The molecule has 22 heavy (non-hydrogen) atoms. The molecule has 0 aliphatic carbocycles. The van der Waals surface area contributed by atoms with E-state index < -0.39 is 17.6 Å². The zero-order valence-corrected chi connectivity index (χ0v) is 11.5. The quantitative estimate of drug-likeness (QED) is 0.836. The number of nitrogens with one attached hydrogen (secondary N) is 2. The number of halogens is 3. The van der Waals surface area contributed by atoms with Crippen LogP contribution in [0.25, 0.3) is 0 Å². The first-order chi connectivity index (χ1) is 10.3. The summed E-state index contributed by atoms with van der Waals surface area (Å²) in [6.07, 6.45) is -3.56. The van der Waals surface area contributed by atoms with Crippen molar-refractivity contribution < 1.29 is 22.8 Å². The highest BCUT2D eigenvalue weighted by atomic mass is 19.4. The first-order valence-electron chi connectivity index (χ1n) is 6.47. The van der Waals surface area contributed by atoms with E-state index in [9.17, 15) is 22.8 Å². The van der Waals surface area contributed by atoms with Gasteiger partial charge in [-0.15, -0.1) is 0 Å². The summed E-state index contributed by atoms with van der Waals surface area (Å²) in [5.74, 6) is -0.853. The summed E-state index contributed by atoms with van der Waals surface area (Å²) in [4.78, 5) is 24.5. The van der Waals surface area contributed by atoms with Crippen LogP contribution in [0.15, 0.2) is 30.9 Å². The van der Waals surface area contributed by atoms with Crippen LogP contribution < -0.4 is 15.5 Å². The molecule has 2 amide bonds. The van der Waals surface area contributed by atoms with Gasteiger partial charge in [-0.2, -0.15) is 13.2 Å². The second-order valence-electron chi connectivity index (χ2n) is 4.69. The molecule has 1 aliphatic heterocycles. The fourth-order valence-corrected chi connectivity index (χ4v) is 2.12. The maximum absolute atomic E-state index is 12.8. The predicted molar refractivity (Wildman–Crippen MR) is 75.5 cm³/mol. The van der Waals surface area contributed by atoms with Gasteiger partial charge in [-0.25, -0.2) is 0 Å². The highest BCUT2D eigenvalue weighted by molar-refractivity contribution is 6.01. The number of piperazine rings is 1. The Morgan fingerprint density at radius 1 is 1.41 bits per heavy atom. The molecule has 0 aromatic heterocycles. The van der Waals surface area contributed by atoms with Gasteiger partial charge in [-0.3, -0.25) is 9.59 Å².